The van der Waals surface area contributed by atoms with E-state index in [9.17, 15) is 17.4 Å². The molecule has 3 rings (SSSR count). The van der Waals surface area contributed by atoms with Crippen molar-refractivity contribution in [1.82, 2.24) is 19.7 Å². The molecule has 1 unspecified atom stereocenters. The molecule has 0 fully saturated rings. The molecule has 34 heavy (non-hydrogen) atoms. The summed E-state index contributed by atoms with van der Waals surface area (Å²) in [5.41, 5.74) is 2.01. The number of H-pyrrole nitrogens is 1. The van der Waals surface area contributed by atoms with Crippen LogP contribution in [0, 0.1) is 0 Å². The number of alkyl halides is 3. The average Bonchev–Trinajstić information content (AvgIpc) is 3.24. The lowest BCUT2D eigenvalue weighted by Crippen LogP contribution is -2.38. The first-order valence-corrected chi connectivity index (χ1v) is 11.5. The summed E-state index contributed by atoms with van der Waals surface area (Å²) in [7, 11) is 0.134. The zero-order valence-electron chi connectivity index (χ0n) is 19.2. The average molecular weight is 499 g/mol. The number of pyridine rings is 1. The molecule has 0 bridgehead atoms. The number of aromatic amines is 1. The van der Waals surface area contributed by atoms with Gasteiger partial charge in [-0.1, -0.05) is 17.3 Å². The van der Waals surface area contributed by atoms with Gasteiger partial charge in [-0.05, 0) is 44.5 Å². The van der Waals surface area contributed by atoms with Gasteiger partial charge in [-0.3, -0.25) is 0 Å². The third kappa shape index (κ3) is 7.26. The predicted molar refractivity (Wildman–Crippen MR) is 120 cm³/mol. The fourth-order valence-electron chi connectivity index (χ4n) is 2.87. The second kappa shape index (κ2) is 10.5. The quantitative estimate of drug-likeness (QED) is 0.489. The van der Waals surface area contributed by atoms with E-state index in [1.165, 1.54) is 12.3 Å². The highest BCUT2D eigenvalue weighted by Crippen LogP contribution is 2.23. The van der Waals surface area contributed by atoms with Gasteiger partial charge in [-0.2, -0.15) is 13.2 Å². The Morgan fingerprint density at radius 1 is 1.12 bits per heavy atom. The number of methoxy groups -OCH3 is 1. The Labute approximate surface area is 198 Å². The predicted octanol–water partition coefficient (Wildman–Crippen LogP) is 3.23. The number of nitrogens with zero attached hydrogens (tertiary/aromatic N) is 3. The summed E-state index contributed by atoms with van der Waals surface area (Å²) >= 11 is 0. The number of nitrogens with one attached hydrogen (secondary N) is 2. The van der Waals surface area contributed by atoms with Crippen LogP contribution in [0.2, 0.25) is 0 Å². The monoisotopic (exact) mass is 498 g/mol. The minimum Gasteiger partial charge on any atom is -0.497 e. The van der Waals surface area contributed by atoms with E-state index in [1.54, 1.807) is 24.1 Å². The molecule has 0 spiro atoms. The van der Waals surface area contributed by atoms with Crippen LogP contribution in [0.1, 0.15) is 43.8 Å². The number of benzene rings is 1. The molecular formula is C22H27F3N5O3S+. The maximum atomic E-state index is 12.8. The zero-order chi connectivity index (χ0) is 24.9. The standard InChI is InChI=1S/C22H26F3N5O3S/c1-21(2,3)34(31)28-20(18-10-9-17(11-26-18)33-14-22(23,24)25)19-13-30(29-27-19)12-15-5-7-16(32-4)8-6-15/h5-11,13,20,28H,12,14H2,1-4H3/p+1/t20-,34?/m0/s1. The van der Waals surface area contributed by atoms with Crippen LogP contribution in [0.3, 0.4) is 0 Å². The van der Waals surface area contributed by atoms with Gasteiger partial charge in [0.1, 0.15) is 17.5 Å². The molecule has 0 saturated carbocycles. The smallest absolute Gasteiger partial charge is 0.422 e. The van der Waals surface area contributed by atoms with E-state index in [0.717, 1.165) is 11.3 Å². The lowest BCUT2D eigenvalue weighted by atomic mass is 10.1. The summed E-state index contributed by atoms with van der Waals surface area (Å²) in [5, 5.41) is 8.42. The van der Waals surface area contributed by atoms with Gasteiger partial charge in [-0.25, -0.2) is 18.6 Å². The molecule has 0 aliphatic heterocycles. The Hall–Kier alpha value is -2.99. The van der Waals surface area contributed by atoms with Crippen molar-refractivity contribution < 1.29 is 31.8 Å². The van der Waals surface area contributed by atoms with Gasteiger partial charge in [0, 0.05) is 6.07 Å². The number of halogens is 3. The SMILES string of the molecule is COc1ccc(Cn2cc([C@@H](NS(=O)C(C)(C)C)c3ccc(OCC(F)(F)F)c[nH+]3)nn2)cc1. The molecule has 184 valence electrons. The maximum absolute atomic E-state index is 12.8. The van der Waals surface area contributed by atoms with Gasteiger partial charge >= 0.3 is 6.18 Å². The topological polar surface area (TPSA) is 92.4 Å². The molecule has 0 radical (unpaired) electrons. The van der Waals surface area contributed by atoms with Crippen molar-refractivity contribution in [2.45, 2.75) is 44.3 Å². The van der Waals surface area contributed by atoms with E-state index in [4.69, 9.17) is 9.47 Å². The van der Waals surface area contributed by atoms with E-state index < -0.39 is 34.6 Å². The van der Waals surface area contributed by atoms with Crippen LogP contribution in [0.5, 0.6) is 11.5 Å². The molecule has 8 nitrogen and oxygen atoms in total. The fraction of sp³-hybridized carbons (Fsp3) is 0.409. The van der Waals surface area contributed by atoms with E-state index in [2.05, 4.69) is 20.0 Å². The molecule has 2 aromatic heterocycles. The Balaban J connectivity index is 1.82. The molecule has 1 aromatic carbocycles. The van der Waals surface area contributed by atoms with Crippen LogP contribution in [-0.2, 0) is 17.5 Å². The zero-order valence-corrected chi connectivity index (χ0v) is 20.0. The van der Waals surface area contributed by atoms with Gasteiger partial charge in [0.15, 0.2) is 12.4 Å². The van der Waals surface area contributed by atoms with Gasteiger partial charge in [0.2, 0.25) is 11.9 Å². The summed E-state index contributed by atoms with van der Waals surface area (Å²) in [4.78, 5) is 2.92. The van der Waals surface area contributed by atoms with Crippen molar-refractivity contribution in [2.24, 2.45) is 0 Å². The third-order valence-electron chi connectivity index (χ3n) is 4.66. The van der Waals surface area contributed by atoms with Gasteiger partial charge in [0.25, 0.3) is 0 Å². The van der Waals surface area contributed by atoms with E-state index >= 15 is 0 Å². The summed E-state index contributed by atoms with van der Waals surface area (Å²) in [6.07, 6.45) is -1.39. The molecule has 0 aliphatic carbocycles. The molecule has 12 heteroatoms. The summed E-state index contributed by atoms with van der Waals surface area (Å²) < 4.78 is 64.1. The van der Waals surface area contributed by atoms with Crippen LogP contribution in [-0.4, -0.2) is 43.8 Å². The van der Waals surface area contributed by atoms with E-state index in [-0.39, 0.29) is 5.75 Å². The first kappa shape index (κ1) is 25.6. The molecular weight excluding hydrogens is 471 g/mol. The van der Waals surface area contributed by atoms with Crippen LogP contribution in [0.4, 0.5) is 13.2 Å². The number of rotatable bonds is 9. The van der Waals surface area contributed by atoms with E-state index in [0.29, 0.717) is 17.9 Å². The van der Waals surface area contributed by atoms with Gasteiger partial charge in [0.05, 0.1) is 35.6 Å². The number of aromatic nitrogens is 4. The highest BCUT2D eigenvalue weighted by molar-refractivity contribution is 7.84. The molecule has 3 aromatic rings. The summed E-state index contributed by atoms with van der Waals surface area (Å²) in [6, 6.07) is 9.85. The Kier molecular flexibility index (Phi) is 7.93. The number of ether oxygens (including phenoxy) is 2. The Morgan fingerprint density at radius 2 is 1.79 bits per heavy atom. The molecule has 2 heterocycles. The van der Waals surface area contributed by atoms with Crippen molar-refractivity contribution in [3.63, 3.8) is 0 Å². The van der Waals surface area contributed by atoms with E-state index in [1.807, 2.05) is 45.0 Å². The number of hydrogen-bond acceptors (Lipinski definition) is 5. The first-order valence-electron chi connectivity index (χ1n) is 10.4. The molecule has 2 atom stereocenters. The fourth-order valence-corrected chi connectivity index (χ4v) is 3.68. The van der Waals surface area contributed by atoms with Crippen molar-refractivity contribution in [3.8, 4) is 11.5 Å². The highest BCUT2D eigenvalue weighted by Gasteiger charge is 2.31. The van der Waals surface area contributed by atoms with Crippen molar-refractivity contribution in [1.29, 1.82) is 0 Å². The Morgan fingerprint density at radius 3 is 2.35 bits per heavy atom. The summed E-state index contributed by atoms with van der Waals surface area (Å²) in [6.45, 7) is 4.54. The van der Waals surface area contributed by atoms with Crippen molar-refractivity contribution >= 4 is 11.0 Å². The summed E-state index contributed by atoms with van der Waals surface area (Å²) in [5.74, 6) is 0.773. The molecule has 2 N–H and O–H groups in total. The maximum Gasteiger partial charge on any atom is 0.422 e. The normalized spacial score (nSPS) is 14.0. The van der Waals surface area contributed by atoms with Crippen molar-refractivity contribution in [2.75, 3.05) is 13.7 Å². The number of hydrogen-bond donors (Lipinski definition) is 1. The lowest BCUT2D eigenvalue weighted by Gasteiger charge is -2.21. The Bertz CT molecular complexity index is 1100. The largest absolute Gasteiger partial charge is 0.497 e. The highest BCUT2D eigenvalue weighted by atomic mass is 32.2. The third-order valence-corrected chi connectivity index (χ3v) is 6.22. The second-order valence-corrected chi connectivity index (χ2v) is 10.5. The molecule has 0 aliphatic rings. The molecule has 0 saturated heterocycles. The lowest BCUT2D eigenvalue weighted by molar-refractivity contribution is -0.393. The minimum atomic E-state index is -4.44. The van der Waals surface area contributed by atoms with Crippen molar-refractivity contribution in [3.05, 3.63) is 65.7 Å². The minimum absolute atomic E-state index is 0.0277. The van der Waals surface area contributed by atoms with Crippen LogP contribution >= 0.6 is 0 Å². The van der Waals surface area contributed by atoms with Crippen LogP contribution < -0.4 is 19.2 Å². The molecule has 0 amide bonds. The first-order chi connectivity index (χ1) is 15.9. The van der Waals surface area contributed by atoms with Crippen LogP contribution in [0.15, 0.2) is 48.8 Å². The second-order valence-electron chi connectivity index (χ2n) is 8.50. The van der Waals surface area contributed by atoms with Crippen LogP contribution in [0.25, 0.3) is 0 Å². The van der Waals surface area contributed by atoms with Gasteiger partial charge in [-0.15, -0.1) is 5.10 Å². The van der Waals surface area contributed by atoms with Gasteiger partial charge < -0.3 is 9.47 Å².